The summed E-state index contributed by atoms with van der Waals surface area (Å²) in [5, 5.41) is 9.16. The number of methoxy groups -OCH3 is 1. The molecular weight excluding hydrogens is 646 g/mol. The highest BCUT2D eigenvalue weighted by molar-refractivity contribution is 5.89. The highest BCUT2D eigenvalue weighted by Crippen LogP contribution is 2.63. The first-order valence-electron chi connectivity index (χ1n) is 18.3. The number of fused-ring (bicyclic) bond motifs is 1. The topological polar surface area (TPSA) is 156 Å². The van der Waals surface area contributed by atoms with E-state index in [1.807, 2.05) is 20.8 Å². The number of aliphatic hydroxyl groups is 1. The van der Waals surface area contributed by atoms with Crippen molar-refractivity contribution in [1.29, 1.82) is 0 Å². The zero-order valence-corrected chi connectivity index (χ0v) is 31.7. The maximum Gasteiger partial charge on any atom is 0.300 e. The van der Waals surface area contributed by atoms with E-state index in [0.29, 0.717) is 48.5 Å². The van der Waals surface area contributed by atoms with Crippen LogP contribution in [0.4, 0.5) is 8.78 Å². The van der Waals surface area contributed by atoms with Crippen LogP contribution < -0.4 is 16.0 Å². The van der Waals surface area contributed by atoms with Gasteiger partial charge in [0.25, 0.3) is 11.5 Å². The number of nitrogens with two attached hydrogens (primary N) is 1. The van der Waals surface area contributed by atoms with Crippen LogP contribution in [0.5, 0.6) is 5.75 Å². The quantitative estimate of drug-likeness (QED) is 0.247. The molecule has 2 aromatic rings. The molecule has 284 valence electrons. The number of Topliss-reactive ketones (excluding diaryl/α,β-unsaturated/α-hetero) is 1. The number of amides is 2. The van der Waals surface area contributed by atoms with Gasteiger partial charge in [0, 0.05) is 24.9 Å². The molecule has 1 aromatic heterocycles. The monoisotopic (exact) mass is 708 g/mol. The van der Waals surface area contributed by atoms with E-state index < -0.39 is 28.7 Å². The van der Waals surface area contributed by atoms with Gasteiger partial charge in [-0.1, -0.05) is 79.6 Å². The smallest absolute Gasteiger partial charge is 0.300 e. The van der Waals surface area contributed by atoms with Crippen LogP contribution in [0, 0.1) is 17.3 Å². The number of carbonyl (C=O) groups is 3. The number of hydrogen-bond donors (Lipinski definition) is 3. The first-order valence-corrected chi connectivity index (χ1v) is 18.3. The molecule has 50 heavy (non-hydrogen) atoms. The molecule has 0 spiro atoms. The highest BCUT2D eigenvalue weighted by Gasteiger charge is 2.63. The van der Waals surface area contributed by atoms with Crippen molar-refractivity contribution in [1.82, 2.24) is 14.9 Å². The summed E-state index contributed by atoms with van der Waals surface area (Å²) in [5.41, 5.74) is 2.70. The van der Waals surface area contributed by atoms with Gasteiger partial charge in [0.2, 0.25) is 5.91 Å². The van der Waals surface area contributed by atoms with Crippen LogP contribution in [-0.4, -0.2) is 63.4 Å². The Morgan fingerprint density at radius 3 is 2.18 bits per heavy atom. The molecule has 10 nitrogen and oxygen atoms in total. The van der Waals surface area contributed by atoms with Gasteiger partial charge in [0.05, 0.1) is 24.2 Å². The lowest BCUT2D eigenvalue weighted by atomic mass is 9.87. The Balaban J connectivity index is 0.000000455. The summed E-state index contributed by atoms with van der Waals surface area (Å²) in [4.78, 5) is 52.6. The number of nitrogens with one attached hydrogen (secondary N) is 1. The zero-order chi connectivity index (χ0) is 38.2. The van der Waals surface area contributed by atoms with Gasteiger partial charge in [-0.05, 0) is 63.5 Å². The van der Waals surface area contributed by atoms with E-state index >= 15 is 8.78 Å². The van der Waals surface area contributed by atoms with Crippen LogP contribution in [0.1, 0.15) is 132 Å². The minimum atomic E-state index is -3.20. The van der Waals surface area contributed by atoms with Crippen molar-refractivity contribution in [3.8, 4) is 5.75 Å². The summed E-state index contributed by atoms with van der Waals surface area (Å²) in [6.07, 6.45) is 9.32. The van der Waals surface area contributed by atoms with Gasteiger partial charge in [0.1, 0.15) is 11.9 Å². The fraction of sp³-hybridized carbons (Fsp3) is 0.711. The number of alkyl halides is 2. The number of benzene rings is 1. The average molecular weight is 709 g/mol. The number of aromatic nitrogens is 2. The summed E-state index contributed by atoms with van der Waals surface area (Å²) in [5.74, 6) is -2.42. The Hall–Kier alpha value is -3.41. The van der Waals surface area contributed by atoms with Gasteiger partial charge in [-0.2, -0.15) is 8.78 Å². The number of ketones is 1. The fourth-order valence-corrected chi connectivity index (χ4v) is 6.61. The number of hydrogen-bond acceptors (Lipinski definition) is 7. The van der Waals surface area contributed by atoms with Gasteiger partial charge in [-0.15, -0.1) is 0 Å². The number of aromatic amines is 1. The van der Waals surface area contributed by atoms with E-state index in [-0.39, 0.29) is 29.6 Å². The molecule has 0 unspecified atom stereocenters. The van der Waals surface area contributed by atoms with Crippen molar-refractivity contribution in [3.05, 3.63) is 34.2 Å². The first-order chi connectivity index (χ1) is 23.5. The van der Waals surface area contributed by atoms with Gasteiger partial charge in [0.15, 0.2) is 11.5 Å². The summed E-state index contributed by atoms with van der Waals surface area (Å²) < 4.78 is 35.8. The predicted octanol–water partition coefficient (Wildman–Crippen LogP) is 7.29. The number of nitrogens with zero attached hydrogens (tertiary/aromatic N) is 2. The van der Waals surface area contributed by atoms with Crippen LogP contribution in [-0.2, 0) is 20.3 Å². The third-order valence-corrected chi connectivity index (χ3v) is 9.22. The van der Waals surface area contributed by atoms with E-state index in [9.17, 15) is 19.2 Å². The minimum Gasteiger partial charge on any atom is -0.497 e. The number of likely N-dealkylation sites (tertiary alicyclic amines) is 1. The van der Waals surface area contributed by atoms with Gasteiger partial charge < -0.3 is 25.5 Å². The highest BCUT2D eigenvalue weighted by atomic mass is 19.3. The van der Waals surface area contributed by atoms with Crippen molar-refractivity contribution in [2.75, 3.05) is 13.7 Å². The van der Waals surface area contributed by atoms with Gasteiger partial charge in [-0.3, -0.25) is 19.2 Å². The average Bonchev–Trinajstić information content (AvgIpc) is 3.49. The molecule has 2 amide bonds. The summed E-state index contributed by atoms with van der Waals surface area (Å²) in [6, 6.07) is 4.52. The van der Waals surface area contributed by atoms with E-state index in [1.165, 1.54) is 64.9 Å². The number of aliphatic hydroxyl groups excluding tert-OH is 1. The number of halogens is 2. The van der Waals surface area contributed by atoms with E-state index in [2.05, 4.69) is 29.5 Å². The normalized spacial score (nSPS) is 19.6. The van der Waals surface area contributed by atoms with Crippen molar-refractivity contribution in [2.24, 2.45) is 23.0 Å². The Labute approximate surface area is 296 Å². The molecular formula is C38H62F2N4O6. The van der Waals surface area contributed by atoms with Crippen LogP contribution >= 0.6 is 0 Å². The number of ether oxygens (including phenoxy) is 1. The predicted molar refractivity (Wildman–Crippen MR) is 194 cm³/mol. The molecule has 0 bridgehead atoms. The Kier molecular flexibility index (Phi) is 18.8. The van der Waals surface area contributed by atoms with Crippen LogP contribution in [0.2, 0.25) is 0 Å². The molecule has 4 N–H and O–H groups in total. The second-order valence-corrected chi connectivity index (χ2v) is 13.5. The lowest BCUT2D eigenvalue weighted by Crippen LogP contribution is -2.45. The largest absolute Gasteiger partial charge is 0.497 e. The molecule has 1 aromatic carbocycles. The van der Waals surface area contributed by atoms with Crippen molar-refractivity contribution in [2.45, 2.75) is 144 Å². The molecule has 2 aliphatic carbocycles. The molecule has 2 saturated carbocycles. The number of carbonyl (C=O) groups excluding carboxylic acids is 3. The maximum absolute atomic E-state index is 15.3. The number of rotatable bonds is 9. The lowest BCUT2D eigenvalue weighted by Gasteiger charge is -2.26. The third kappa shape index (κ3) is 12.4. The molecule has 3 fully saturated rings. The third-order valence-electron chi connectivity index (χ3n) is 9.22. The zero-order valence-electron chi connectivity index (χ0n) is 31.7. The van der Waals surface area contributed by atoms with Crippen molar-refractivity contribution < 1.29 is 33.0 Å². The molecule has 12 heteroatoms. The maximum atomic E-state index is 15.3. The van der Waals surface area contributed by atoms with Crippen molar-refractivity contribution >= 4 is 28.6 Å². The Morgan fingerprint density at radius 2 is 1.70 bits per heavy atom. The van der Waals surface area contributed by atoms with Crippen LogP contribution in [0.15, 0.2) is 23.0 Å². The van der Waals surface area contributed by atoms with E-state index in [1.54, 1.807) is 18.2 Å². The summed E-state index contributed by atoms with van der Waals surface area (Å²) in [7, 11) is 1.51. The van der Waals surface area contributed by atoms with Crippen LogP contribution in [0.3, 0.4) is 0 Å². The molecule has 1 aliphatic heterocycles. The Morgan fingerprint density at radius 1 is 1.14 bits per heavy atom. The summed E-state index contributed by atoms with van der Waals surface area (Å²) in [6.45, 7) is 15.0. The second-order valence-electron chi connectivity index (χ2n) is 13.5. The first kappa shape index (κ1) is 44.6. The fourth-order valence-electron chi connectivity index (χ4n) is 6.61. The molecule has 3 atom stereocenters. The van der Waals surface area contributed by atoms with Crippen molar-refractivity contribution in [3.63, 3.8) is 0 Å². The second kappa shape index (κ2) is 21.1. The molecule has 0 radical (unpaired) electrons. The lowest BCUT2D eigenvalue weighted by molar-refractivity contribution is -0.144. The number of H-pyrrole nitrogens is 1. The minimum absolute atomic E-state index is 0.00370. The molecule has 3 aliphatic rings. The van der Waals surface area contributed by atoms with E-state index in [4.69, 9.17) is 9.84 Å². The number of primary amides is 1. The molecule has 2 heterocycles. The van der Waals surface area contributed by atoms with Gasteiger partial charge in [-0.25, -0.2) is 4.98 Å². The standard InChI is InChI=1S/C21H26F2N2O2.C10H17NO3.C3H8.C2H5NO.C2H6/c1-27-15-8-9-16-17(13-15)25-19(26)18(24-16)21(22,23)20(11-12-20)10-4-7-14-5-2-3-6-14;1-6-4-5-11(9(6)7(2)12)10(14)8(3)13;1-3-2;1-2(3)4;1-2/h8-9,13-14H,2-7,10-12H2,1H3,(H,25,26);6,8-9,13H,4-5H2,1-3H3;3H2,1-2H3;1H3,(H2,3,4);1-2H3/t;6-,8+,9+;;;/m.1.../s1. The Bertz CT molecular complexity index is 1420. The van der Waals surface area contributed by atoms with Gasteiger partial charge >= 0.3 is 5.92 Å². The molecule has 1 saturated heterocycles. The molecule has 5 rings (SSSR count). The SMILES string of the molecule is CC.CC(=O)[C@@H]1[C@H](C)CCN1C(=O)[C@H](C)O.CC(N)=O.CCC.COc1ccc2nc(C(F)(F)C3(CCCC4CCCC4)CC3)c(=O)[nH]c2c1. The summed E-state index contributed by atoms with van der Waals surface area (Å²) >= 11 is 0. The van der Waals surface area contributed by atoms with E-state index in [0.717, 1.165) is 19.3 Å². The van der Waals surface area contributed by atoms with Crippen LogP contribution in [0.25, 0.3) is 11.0 Å².